The first-order chi connectivity index (χ1) is 9.17. The van der Waals surface area contributed by atoms with Gasteiger partial charge in [-0.25, -0.2) is 0 Å². The number of rotatable bonds is 5. The van der Waals surface area contributed by atoms with Crippen LogP contribution in [0.2, 0.25) is 0 Å². The SMILES string of the molecule is CCNC1CCC(CC)CC1N(C)C1CCOC1C. The third kappa shape index (κ3) is 3.50. The zero-order valence-corrected chi connectivity index (χ0v) is 13.2. The van der Waals surface area contributed by atoms with Gasteiger partial charge in [-0.15, -0.1) is 0 Å². The van der Waals surface area contributed by atoms with Gasteiger partial charge in [0.2, 0.25) is 0 Å². The Hall–Kier alpha value is -0.120. The molecular weight excluding hydrogens is 236 g/mol. The van der Waals surface area contributed by atoms with Crippen molar-refractivity contribution in [3.05, 3.63) is 0 Å². The highest BCUT2D eigenvalue weighted by molar-refractivity contribution is 4.94. The van der Waals surface area contributed by atoms with Gasteiger partial charge in [0.1, 0.15) is 0 Å². The molecule has 1 aliphatic heterocycles. The van der Waals surface area contributed by atoms with E-state index in [9.17, 15) is 0 Å². The fraction of sp³-hybridized carbons (Fsp3) is 1.00. The highest BCUT2D eigenvalue weighted by Crippen LogP contribution is 2.32. The summed E-state index contributed by atoms with van der Waals surface area (Å²) in [5, 5.41) is 3.72. The number of likely N-dealkylation sites (N-methyl/N-ethyl adjacent to an activating group) is 2. The first kappa shape index (κ1) is 15.3. The van der Waals surface area contributed by atoms with Crippen molar-refractivity contribution in [2.75, 3.05) is 20.2 Å². The average Bonchev–Trinajstić information content (AvgIpc) is 2.85. The fourth-order valence-corrected chi connectivity index (χ4v) is 4.05. The summed E-state index contributed by atoms with van der Waals surface area (Å²) < 4.78 is 5.76. The summed E-state index contributed by atoms with van der Waals surface area (Å²) in [4.78, 5) is 2.63. The Labute approximate surface area is 119 Å². The van der Waals surface area contributed by atoms with Crippen LogP contribution in [0.4, 0.5) is 0 Å². The summed E-state index contributed by atoms with van der Waals surface area (Å²) >= 11 is 0. The minimum Gasteiger partial charge on any atom is -0.377 e. The average molecular weight is 268 g/mol. The van der Waals surface area contributed by atoms with Crippen LogP contribution in [0.25, 0.3) is 0 Å². The van der Waals surface area contributed by atoms with E-state index < -0.39 is 0 Å². The van der Waals surface area contributed by atoms with Crippen LogP contribution in [0, 0.1) is 5.92 Å². The molecule has 0 aromatic carbocycles. The van der Waals surface area contributed by atoms with Crippen molar-refractivity contribution in [3.8, 4) is 0 Å². The maximum Gasteiger partial charge on any atom is 0.0703 e. The molecule has 1 saturated carbocycles. The number of ether oxygens (including phenoxy) is 1. The van der Waals surface area contributed by atoms with Gasteiger partial charge in [-0.05, 0) is 52.1 Å². The molecule has 1 heterocycles. The molecule has 0 spiro atoms. The Bertz CT molecular complexity index is 271. The van der Waals surface area contributed by atoms with E-state index in [4.69, 9.17) is 4.74 Å². The highest BCUT2D eigenvalue weighted by atomic mass is 16.5. The predicted octanol–water partition coefficient (Wildman–Crippen LogP) is 2.65. The number of nitrogens with one attached hydrogen (secondary N) is 1. The molecule has 0 bridgehead atoms. The Kier molecular flexibility index (Phi) is 5.67. The van der Waals surface area contributed by atoms with Crippen LogP contribution in [0.15, 0.2) is 0 Å². The molecule has 19 heavy (non-hydrogen) atoms. The van der Waals surface area contributed by atoms with E-state index >= 15 is 0 Å². The fourth-order valence-electron chi connectivity index (χ4n) is 4.05. The third-order valence-corrected chi connectivity index (χ3v) is 5.35. The molecular formula is C16H32N2O. The van der Waals surface area contributed by atoms with Gasteiger partial charge in [0.05, 0.1) is 6.10 Å². The molecule has 3 heteroatoms. The largest absolute Gasteiger partial charge is 0.377 e. The Morgan fingerprint density at radius 3 is 2.53 bits per heavy atom. The third-order valence-electron chi connectivity index (χ3n) is 5.35. The summed E-state index contributed by atoms with van der Waals surface area (Å²) in [6, 6.07) is 1.97. The van der Waals surface area contributed by atoms with Gasteiger partial charge in [0.25, 0.3) is 0 Å². The molecule has 1 aliphatic carbocycles. The van der Waals surface area contributed by atoms with Crippen LogP contribution in [0.1, 0.15) is 52.9 Å². The van der Waals surface area contributed by atoms with Gasteiger partial charge in [-0.2, -0.15) is 0 Å². The van der Waals surface area contributed by atoms with E-state index in [2.05, 4.69) is 38.0 Å². The normalized spacial score (nSPS) is 39.9. The minimum atomic E-state index is 0.397. The number of hydrogen-bond donors (Lipinski definition) is 1. The van der Waals surface area contributed by atoms with Crippen molar-refractivity contribution in [1.82, 2.24) is 10.2 Å². The van der Waals surface area contributed by atoms with Crippen LogP contribution >= 0.6 is 0 Å². The zero-order valence-electron chi connectivity index (χ0n) is 13.2. The lowest BCUT2D eigenvalue weighted by Crippen LogP contribution is -2.56. The quantitative estimate of drug-likeness (QED) is 0.829. The maximum absolute atomic E-state index is 5.76. The second-order valence-corrected chi connectivity index (χ2v) is 6.42. The van der Waals surface area contributed by atoms with Crippen molar-refractivity contribution >= 4 is 0 Å². The van der Waals surface area contributed by atoms with Crippen LogP contribution in [0.3, 0.4) is 0 Å². The van der Waals surface area contributed by atoms with E-state index in [1.807, 2.05) is 0 Å². The Morgan fingerprint density at radius 1 is 1.16 bits per heavy atom. The van der Waals surface area contributed by atoms with Crippen LogP contribution in [-0.2, 0) is 4.74 Å². The van der Waals surface area contributed by atoms with Gasteiger partial charge in [-0.3, -0.25) is 4.90 Å². The second-order valence-electron chi connectivity index (χ2n) is 6.42. The van der Waals surface area contributed by atoms with Gasteiger partial charge < -0.3 is 10.1 Å². The summed E-state index contributed by atoms with van der Waals surface area (Å²) in [7, 11) is 2.32. The smallest absolute Gasteiger partial charge is 0.0703 e. The Morgan fingerprint density at radius 2 is 1.95 bits per heavy atom. The lowest BCUT2D eigenvalue weighted by molar-refractivity contribution is 0.0382. The van der Waals surface area contributed by atoms with Gasteiger partial charge in [0.15, 0.2) is 0 Å². The molecule has 1 saturated heterocycles. The molecule has 5 unspecified atom stereocenters. The van der Waals surface area contributed by atoms with Crippen molar-refractivity contribution < 1.29 is 4.74 Å². The first-order valence-electron chi connectivity index (χ1n) is 8.24. The molecule has 112 valence electrons. The van der Waals surface area contributed by atoms with Crippen molar-refractivity contribution in [1.29, 1.82) is 0 Å². The van der Waals surface area contributed by atoms with E-state index in [1.165, 1.54) is 32.1 Å². The first-order valence-corrected chi connectivity index (χ1v) is 8.24. The van der Waals surface area contributed by atoms with Gasteiger partial charge in [-0.1, -0.05) is 20.3 Å². The molecule has 2 fully saturated rings. The number of nitrogens with zero attached hydrogens (tertiary/aromatic N) is 1. The van der Waals surface area contributed by atoms with Crippen LogP contribution in [0.5, 0.6) is 0 Å². The van der Waals surface area contributed by atoms with Crippen molar-refractivity contribution in [3.63, 3.8) is 0 Å². The molecule has 1 N–H and O–H groups in total. The zero-order chi connectivity index (χ0) is 13.8. The Balaban J connectivity index is 2.02. The monoisotopic (exact) mass is 268 g/mol. The van der Waals surface area contributed by atoms with Gasteiger partial charge in [0, 0.05) is 24.7 Å². The lowest BCUT2D eigenvalue weighted by atomic mass is 9.79. The molecule has 0 aromatic heterocycles. The van der Waals surface area contributed by atoms with E-state index in [0.717, 1.165) is 19.1 Å². The van der Waals surface area contributed by atoms with Gasteiger partial charge >= 0.3 is 0 Å². The van der Waals surface area contributed by atoms with E-state index in [0.29, 0.717) is 24.2 Å². The summed E-state index contributed by atoms with van der Waals surface area (Å²) in [5.41, 5.74) is 0. The summed E-state index contributed by atoms with van der Waals surface area (Å²) in [6.07, 6.45) is 7.02. The topological polar surface area (TPSA) is 24.5 Å². The minimum absolute atomic E-state index is 0.397. The van der Waals surface area contributed by atoms with E-state index in [-0.39, 0.29) is 0 Å². The van der Waals surface area contributed by atoms with Crippen molar-refractivity contribution in [2.24, 2.45) is 5.92 Å². The van der Waals surface area contributed by atoms with E-state index in [1.54, 1.807) is 0 Å². The molecule has 0 radical (unpaired) electrons. The molecule has 2 rings (SSSR count). The van der Waals surface area contributed by atoms with Crippen molar-refractivity contribution in [2.45, 2.75) is 77.1 Å². The lowest BCUT2D eigenvalue weighted by Gasteiger charge is -2.44. The number of hydrogen-bond acceptors (Lipinski definition) is 3. The summed E-state index contributed by atoms with van der Waals surface area (Å²) in [6.45, 7) is 8.83. The standard InChI is InChI=1S/C16H32N2O/c1-5-13-7-8-14(17-6-2)16(11-13)18(4)15-9-10-19-12(15)3/h12-17H,5-11H2,1-4H3. The molecule has 0 amide bonds. The second kappa shape index (κ2) is 7.05. The maximum atomic E-state index is 5.76. The summed E-state index contributed by atoms with van der Waals surface area (Å²) in [5.74, 6) is 0.917. The molecule has 0 aromatic rings. The van der Waals surface area contributed by atoms with Crippen LogP contribution < -0.4 is 5.32 Å². The van der Waals surface area contributed by atoms with Crippen LogP contribution in [-0.4, -0.2) is 49.3 Å². The molecule has 2 aliphatic rings. The predicted molar refractivity (Wildman–Crippen MR) is 80.5 cm³/mol. The molecule has 5 atom stereocenters. The molecule has 3 nitrogen and oxygen atoms in total. The highest BCUT2D eigenvalue weighted by Gasteiger charge is 2.37.